The van der Waals surface area contributed by atoms with Gasteiger partial charge in [0.25, 0.3) is 0 Å². The van der Waals surface area contributed by atoms with Gasteiger partial charge in [-0.3, -0.25) is 10.4 Å². The normalized spacial score (nSPS) is 21.9. The summed E-state index contributed by atoms with van der Waals surface area (Å²) in [5.41, 5.74) is 0. The van der Waals surface area contributed by atoms with Gasteiger partial charge in [-0.1, -0.05) is 0 Å². The van der Waals surface area contributed by atoms with Gasteiger partial charge in [0.05, 0.1) is 11.5 Å². The summed E-state index contributed by atoms with van der Waals surface area (Å²) in [6.07, 6.45) is 1.58. The van der Waals surface area contributed by atoms with Crippen molar-refractivity contribution in [2.75, 3.05) is 13.1 Å². The Morgan fingerprint density at radius 2 is 1.90 bits per heavy atom. The minimum Gasteiger partial charge on any atom is -0.317 e. The fourth-order valence-electron chi connectivity index (χ4n) is 1.03. The van der Waals surface area contributed by atoms with E-state index in [1.807, 2.05) is 0 Å². The summed E-state index contributed by atoms with van der Waals surface area (Å²) >= 11 is 0. The molecule has 1 saturated heterocycles. The van der Waals surface area contributed by atoms with Crippen molar-refractivity contribution in [1.82, 2.24) is 10.7 Å². The fraction of sp³-hybridized carbons (Fsp3) is 1.00. The van der Waals surface area contributed by atoms with Gasteiger partial charge in [0.15, 0.2) is 0 Å². The lowest BCUT2D eigenvalue weighted by molar-refractivity contribution is -0.505. The van der Waals surface area contributed by atoms with Crippen molar-refractivity contribution >= 4 is 0 Å². The van der Waals surface area contributed by atoms with Crippen LogP contribution in [0.5, 0.6) is 0 Å². The summed E-state index contributed by atoms with van der Waals surface area (Å²) in [4.78, 5) is 4.60. The molecule has 10 heavy (non-hydrogen) atoms. The maximum Gasteiger partial charge on any atom is 0.0868 e. The van der Waals surface area contributed by atoms with Crippen LogP contribution in [0.3, 0.4) is 0 Å². The van der Waals surface area contributed by atoms with Crippen molar-refractivity contribution in [3.05, 3.63) is 0 Å². The number of rotatable bonds is 2. The smallest absolute Gasteiger partial charge is 0.0868 e. The predicted molar refractivity (Wildman–Crippen MR) is 32.4 cm³/mol. The van der Waals surface area contributed by atoms with Crippen LogP contribution in [0.15, 0.2) is 0 Å². The van der Waals surface area contributed by atoms with Crippen molar-refractivity contribution in [2.24, 2.45) is 0 Å². The van der Waals surface area contributed by atoms with Gasteiger partial charge in [-0.2, -0.15) is 0 Å². The van der Waals surface area contributed by atoms with E-state index >= 15 is 0 Å². The summed E-state index contributed by atoms with van der Waals surface area (Å²) in [6, 6.07) is 0. The average molecular weight is 148 g/mol. The van der Waals surface area contributed by atoms with Crippen LogP contribution in [0.1, 0.15) is 12.8 Å². The lowest BCUT2D eigenvalue weighted by Gasteiger charge is -2.22. The van der Waals surface area contributed by atoms with E-state index in [9.17, 15) is 0 Å². The summed E-state index contributed by atoms with van der Waals surface area (Å²) in [5, 5.41) is 19.4. The maximum absolute atomic E-state index is 8.25. The van der Waals surface area contributed by atoms with Crippen molar-refractivity contribution in [2.45, 2.75) is 18.9 Å². The molecule has 5 heteroatoms. The molecule has 0 aromatic carbocycles. The zero-order valence-electron chi connectivity index (χ0n) is 5.66. The zero-order chi connectivity index (χ0) is 7.40. The Balaban J connectivity index is 2.13. The summed E-state index contributed by atoms with van der Waals surface area (Å²) in [5.74, 6) is 0. The summed E-state index contributed by atoms with van der Waals surface area (Å²) in [6.45, 7) is 1.75. The van der Waals surface area contributed by atoms with Gasteiger partial charge in [-0.25, -0.2) is 4.84 Å². The Morgan fingerprint density at radius 3 is 2.40 bits per heavy atom. The maximum atomic E-state index is 8.25. The second kappa shape index (κ2) is 3.85. The number of nitrogens with zero attached hydrogens (tertiary/aromatic N) is 1. The molecule has 3 N–H and O–H groups in total. The van der Waals surface area contributed by atoms with E-state index < -0.39 is 0 Å². The summed E-state index contributed by atoms with van der Waals surface area (Å²) in [7, 11) is 0. The van der Waals surface area contributed by atoms with Crippen LogP contribution < -0.4 is 5.32 Å². The largest absolute Gasteiger partial charge is 0.317 e. The van der Waals surface area contributed by atoms with E-state index in [-0.39, 0.29) is 11.5 Å². The van der Waals surface area contributed by atoms with Crippen LogP contribution in [0.25, 0.3) is 0 Å². The van der Waals surface area contributed by atoms with Gasteiger partial charge in [0, 0.05) is 0 Å². The molecule has 1 rings (SSSR count). The molecule has 1 aliphatic rings. The molecule has 0 saturated carbocycles. The third-order valence-corrected chi connectivity index (χ3v) is 1.53. The first kappa shape index (κ1) is 7.90. The van der Waals surface area contributed by atoms with E-state index in [4.69, 9.17) is 10.4 Å². The van der Waals surface area contributed by atoms with Crippen LogP contribution in [-0.4, -0.2) is 35.0 Å². The Kier molecular flexibility index (Phi) is 3.04. The van der Waals surface area contributed by atoms with Crippen molar-refractivity contribution in [1.29, 1.82) is 0 Å². The Hall–Kier alpha value is -0.200. The Bertz CT molecular complexity index is 92.9. The monoisotopic (exact) mass is 148 g/mol. The molecule has 0 radical (unpaired) electrons. The fourth-order valence-corrected chi connectivity index (χ4v) is 1.03. The third kappa shape index (κ3) is 2.59. The first-order valence-electron chi connectivity index (χ1n) is 3.34. The predicted octanol–water partition coefficient (Wildman–Crippen LogP) is -0.250. The van der Waals surface area contributed by atoms with Crippen LogP contribution in [0.4, 0.5) is 0 Å². The minimum absolute atomic E-state index is 0.0590. The zero-order valence-corrected chi connectivity index (χ0v) is 5.66. The van der Waals surface area contributed by atoms with Crippen LogP contribution in [-0.2, 0) is 4.84 Å². The highest BCUT2D eigenvalue weighted by Gasteiger charge is 2.15. The van der Waals surface area contributed by atoms with Crippen LogP contribution in [0.2, 0.25) is 0 Å². The van der Waals surface area contributed by atoms with E-state index in [2.05, 4.69) is 10.2 Å². The van der Waals surface area contributed by atoms with E-state index in [1.165, 1.54) is 0 Å². The minimum atomic E-state index is -0.212. The molecule has 5 nitrogen and oxygen atoms in total. The lowest BCUT2D eigenvalue weighted by Crippen LogP contribution is -2.35. The van der Waals surface area contributed by atoms with Gasteiger partial charge >= 0.3 is 0 Å². The lowest BCUT2D eigenvalue weighted by atomic mass is 10.1. The van der Waals surface area contributed by atoms with E-state index in [0.29, 0.717) is 0 Å². The molecular formula is C5H12N2O3. The first-order chi connectivity index (χ1) is 4.79. The molecule has 1 aliphatic heterocycles. The summed E-state index contributed by atoms with van der Waals surface area (Å²) < 4.78 is 0. The number of hydrogen-bond acceptors (Lipinski definition) is 5. The first-order valence-corrected chi connectivity index (χ1v) is 3.34. The number of piperidine rings is 1. The van der Waals surface area contributed by atoms with Crippen molar-refractivity contribution < 1.29 is 15.3 Å². The molecule has 0 amide bonds. The molecular weight excluding hydrogens is 136 g/mol. The van der Waals surface area contributed by atoms with Gasteiger partial charge in [-0.05, 0) is 25.9 Å². The molecule has 0 bridgehead atoms. The second-order valence-electron chi connectivity index (χ2n) is 2.31. The highest BCUT2D eigenvalue weighted by Crippen LogP contribution is 2.06. The molecule has 0 aliphatic carbocycles. The molecule has 0 spiro atoms. The molecule has 0 atom stereocenters. The molecule has 0 unspecified atom stereocenters. The average Bonchev–Trinajstić information content (AvgIpc) is 1.88. The number of nitrogens with one attached hydrogen (secondary N) is 1. The third-order valence-electron chi connectivity index (χ3n) is 1.53. The van der Waals surface area contributed by atoms with Crippen LogP contribution >= 0.6 is 0 Å². The van der Waals surface area contributed by atoms with Crippen LogP contribution in [0, 0.1) is 0 Å². The Morgan fingerprint density at radius 1 is 1.30 bits per heavy atom. The molecule has 60 valence electrons. The van der Waals surface area contributed by atoms with Gasteiger partial charge in [0.1, 0.15) is 0 Å². The molecule has 0 aromatic rings. The molecule has 0 aromatic heterocycles. The van der Waals surface area contributed by atoms with E-state index in [0.717, 1.165) is 25.9 Å². The van der Waals surface area contributed by atoms with E-state index in [1.54, 1.807) is 0 Å². The second-order valence-corrected chi connectivity index (χ2v) is 2.31. The Labute approximate surface area is 59.1 Å². The molecule has 1 heterocycles. The van der Waals surface area contributed by atoms with Crippen molar-refractivity contribution in [3.63, 3.8) is 0 Å². The van der Waals surface area contributed by atoms with Crippen molar-refractivity contribution in [3.8, 4) is 0 Å². The van der Waals surface area contributed by atoms with Gasteiger partial charge in [0.2, 0.25) is 0 Å². The topological polar surface area (TPSA) is 65.0 Å². The number of hydrogen-bond donors (Lipinski definition) is 3. The highest BCUT2D eigenvalue weighted by atomic mass is 17.1. The van der Waals surface area contributed by atoms with Gasteiger partial charge in [-0.15, -0.1) is 0 Å². The quantitative estimate of drug-likeness (QED) is 0.471. The highest BCUT2D eigenvalue weighted by molar-refractivity contribution is 4.66. The SMILES string of the molecule is ON(O)OC1CCNCC1. The molecule has 1 fully saturated rings. The standard InChI is InChI=1S/C5H12N2O3/c8-7(9)10-5-1-3-6-4-2-5/h5-6,8-9H,1-4H2. The van der Waals surface area contributed by atoms with Gasteiger partial charge < -0.3 is 5.32 Å².